The Morgan fingerprint density at radius 2 is 1.58 bits per heavy atom. The van der Waals surface area contributed by atoms with Gasteiger partial charge in [0, 0.05) is 11.1 Å². The Morgan fingerprint density at radius 1 is 0.808 bits per heavy atom. The third-order valence-electron chi connectivity index (χ3n) is 4.04. The predicted octanol–water partition coefficient (Wildman–Crippen LogP) is 5.13. The van der Waals surface area contributed by atoms with E-state index in [1.165, 1.54) is 0 Å². The van der Waals surface area contributed by atoms with Crippen LogP contribution < -0.4 is 10.6 Å². The molecule has 0 radical (unpaired) electrons. The van der Waals surface area contributed by atoms with Crippen molar-refractivity contribution in [2.45, 2.75) is 6.92 Å². The van der Waals surface area contributed by atoms with Gasteiger partial charge >= 0.3 is 0 Å². The first-order chi connectivity index (χ1) is 12.7. The summed E-state index contributed by atoms with van der Waals surface area (Å²) in [4.78, 5) is 9.19. The number of nitrogens with one attached hydrogen (secondary N) is 2. The number of fused-ring (bicyclic) bond motifs is 1. The molecule has 4 rings (SSSR count). The highest BCUT2D eigenvalue weighted by molar-refractivity contribution is 5.92. The molecule has 4 aromatic rings. The van der Waals surface area contributed by atoms with Crippen molar-refractivity contribution in [3.8, 4) is 5.75 Å². The van der Waals surface area contributed by atoms with Crippen molar-refractivity contribution in [3.05, 3.63) is 78.4 Å². The highest BCUT2D eigenvalue weighted by Crippen LogP contribution is 2.29. The number of hydrogen-bond donors (Lipinski definition) is 3. The highest BCUT2D eigenvalue weighted by atomic mass is 16.3. The molecule has 0 spiro atoms. The number of benzene rings is 3. The van der Waals surface area contributed by atoms with Crippen LogP contribution in [0, 0.1) is 6.92 Å². The lowest BCUT2D eigenvalue weighted by atomic mass is 10.2. The lowest BCUT2D eigenvalue weighted by Gasteiger charge is -2.13. The second kappa shape index (κ2) is 6.72. The molecule has 3 aromatic carbocycles. The Kier molecular flexibility index (Phi) is 4.11. The quantitative estimate of drug-likeness (QED) is 0.448. The second-order valence-electron chi connectivity index (χ2n) is 6.05. The van der Waals surface area contributed by atoms with Crippen molar-refractivity contribution in [2.24, 2.45) is 0 Å². The van der Waals surface area contributed by atoms with Gasteiger partial charge in [-0.25, -0.2) is 4.98 Å². The van der Waals surface area contributed by atoms with E-state index < -0.39 is 0 Å². The van der Waals surface area contributed by atoms with Crippen LogP contribution in [0.4, 0.5) is 23.1 Å². The molecule has 0 unspecified atom stereocenters. The van der Waals surface area contributed by atoms with Crippen LogP contribution in [0.1, 0.15) is 5.56 Å². The van der Waals surface area contributed by atoms with E-state index in [0.717, 1.165) is 22.2 Å². The number of aryl methyl sites for hydroxylation is 1. The number of aromatic nitrogens is 2. The van der Waals surface area contributed by atoms with Gasteiger partial charge in [0.25, 0.3) is 0 Å². The molecule has 0 aliphatic heterocycles. The molecule has 0 aliphatic carbocycles. The van der Waals surface area contributed by atoms with Crippen molar-refractivity contribution in [1.29, 1.82) is 0 Å². The third-order valence-corrected chi connectivity index (χ3v) is 4.04. The average molecular weight is 342 g/mol. The fraction of sp³-hybridized carbons (Fsp3) is 0.0476. The summed E-state index contributed by atoms with van der Waals surface area (Å²) in [6.45, 7) is 1.97. The second-order valence-corrected chi connectivity index (χ2v) is 6.05. The summed E-state index contributed by atoms with van der Waals surface area (Å²) in [5, 5.41) is 17.5. The molecule has 0 amide bonds. The van der Waals surface area contributed by atoms with E-state index in [2.05, 4.69) is 20.6 Å². The maximum absolute atomic E-state index is 10.1. The summed E-state index contributed by atoms with van der Waals surface area (Å²) in [6, 6.07) is 23.1. The lowest BCUT2D eigenvalue weighted by Crippen LogP contribution is -2.02. The number of anilines is 4. The Labute approximate surface area is 151 Å². The van der Waals surface area contributed by atoms with Crippen LogP contribution in [0.2, 0.25) is 0 Å². The molecule has 1 aromatic heterocycles. The monoisotopic (exact) mass is 342 g/mol. The number of phenolic OH excluding ortho intramolecular Hbond substituents is 1. The van der Waals surface area contributed by atoms with Gasteiger partial charge in [-0.2, -0.15) is 4.98 Å². The molecule has 128 valence electrons. The minimum absolute atomic E-state index is 0.157. The zero-order chi connectivity index (χ0) is 17.9. The van der Waals surface area contributed by atoms with Gasteiger partial charge < -0.3 is 15.7 Å². The molecule has 0 aliphatic rings. The molecular weight excluding hydrogens is 324 g/mol. The predicted molar refractivity (Wildman–Crippen MR) is 105 cm³/mol. The minimum atomic E-state index is 0.157. The highest BCUT2D eigenvalue weighted by Gasteiger charge is 2.10. The maximum Gasteiger partial charge on any atom is 0.229 e. The largest absolute Gasteiger partial charge is 0.506 e. The Hall–Kier alpha value is -3.60. The zero-order valence-electron chi connectivity index (χ0n) is 14.3. The van der Waals surface area contributed by atoms with Crippen molar-refractivity contribution in [2.75, 3.05) is 10.6 Å². The van der Waals surface area contributed by atoms with E-state index in [4.69, 9.17) is 0 Å². The fourth-order valence-corrected chi connectivity index (χ4v) is 2.76. The van der Waals surface area contributed by atoms with E-state index in [1.54, 1.807) is 6.07 Å². The zero-order valence-corrected chi connectivity index (χ0v) is 14.3. The van der Waals surface area contributed by atoms with Crippen LogP contribution in [0.15, 0.2) is 72.8 Å². The van der Waals surface area contributed by atoms with E-state index >= 15 is 0 Å². The third kappa shape index (κ3) is 3.28. The number of aromatic hydroxyl groups is 1. The van der Waals surface area contributed by atoms with E-state index in [1.807, 2.05) is 73.7 Å². The fourth-order valence-electron chi connectivity index (χ4n) is 2.76. The van der Waals surface area contributed by atoms with Gasteiger partial charge in [-0.1, -0.05) is 36.4 Å². The molecule has 0 saturated heterocycles. The molecule has 0 saturated carbocycles. The van der Waals surface area contributed by atoms with Crippen LogP contribution in [0.3, 0.4) is 0 Å². The Bertz CT molecular complexity index is 1060. The van der Waals surface area contributed by atoms with Crippen molar-refractivity contribution >= 4 is 34.0 Å². The van der Waals surface area contributed by atoms with Crippen molar-refractivity contribution < 1.29 is 5.11 Å². The molecule has 0 fully saturated rings. The number of phenols is 1. The molecule has 0 bridgehead atoms. The normalized spacial score (nSPS) is 10.7. The summed E-state index contributed by atoms with van der Waals surface area (Å²) in [6.07, 6.45) is 0. The lowest BCUT2D eigenvalue weighted by molar-refractivity contribution is 0.477. The summed E-state index contributed by atoms with van der Waals surface area (Å²) in [5.74, 6) is 1.28. The smallest absolute Gasteiger partial charge is 0.229 e. The van der Waals surface area contributed by atoms with Crippen LogP contribution >= 0.6 is 0 Å². The Morgan fingerprint density at radius 3 is 2.42 bits per heavy atom. The molecule has 5 heteroatoms. The molecule has 3 N–H and O–H groups in total. The van der Waals surface area contributed by atoms with Crippen molar-refractivity contribution in [3.63, 3.8) is 0 Å². The molecule has 5 nitrogen and oxygen atoms in total. The molecule has 26 heavy (non-hydrogen) atoms. The summed E-state index contributed by atoms with van der Waals surface area (Å²) < 4.78 is 0. The van der Waals surface area contributed by atoms with Crippen LogP contribution in [-0.2, 0) is 0 Å². The van der Waals surface area contributed by atoms with E-state index in [0.29, 0.717) is 17.5 Å². The minimum Gasteiger partial charge on any atom is -0.506 e. The maximum atomic E-state index is 10.1. The molecular formula is C21H18N4O. The first-order valence-electron chi connectivity index (χ1n) is 8.34. The van der Waals surface area contributed by atoms with Crippen molar-refractivity contribution in [1.82, 2.24) is 9.97 Å². The summed E-state index contributed by atoms with van der Waals surface area (Å²) in [5.41, 5.74) is 3.37. The standard InChI is InChI=1S/C21H18N4O/c1-14-11-12-19(26)18(13-14)24-21-23-17-10-6-5-9-16(17)20(25-21)22-15-7-3-2-4-8-15/h2-13,26H,1H3,(H2,22,23,24,25). The molecule has 1 heterocycles. The van der Waals surface area contributed by atoms with E-state index in [-0.39, 0.29) is 5.75 Å². The van der Waals surface area contributed by atoms with Gasteiger partial charge in [0.15, 0.2) is 0 Å². The van der Waals surface area contributed by atoms with Gasteiger partial charge in [0.2, 0.25) is 5.95 Å². The number of rotatable bonds is 4. The van der Waals surface area contributed by atoms with E-state index in [9.17, 15) is 5.11 Å². The van der Waals surface area contributed by atoms with Crippen LogP contribution in [-0.4, -0.2) is 15.1 Å². The van der Waals surface area contributed by atoms with Gasteiger partial charge in [0.1, 0.15) is 11.6 Å². The summed E-state index contributed by atoms with van der Waals surface area (Å²) in [7, 11) is 0. The average Bonchev–Trinajstić information content (AvgIpc) is 2.66. The molecule has 0 atom stereocenters. The summed E-state index contributed by atoms with van der Waals surface area (Å²) >= 11 is 0. The van der Waals surface area contributed by atoms with Gasteiger partial charge in [-0.15, -0.1) is 0 Å². The first-order valence-corrected chi connectivity index (χ1v) is 8.34. The Balaban J connectivity index is 1.77. The topological polar surface area (TPSA) is 70.1 Å². The van der Waals surface area contributed by atoms with Crippen LogP contribution in [0.25, 0.3) is 10.9 Å². The van der Waals surface area contributed by atoms with Crippen LogP contribution in [0.5, 0.6) is 5.75 Å². The number of para-hydroxylation sites is 2. The van der Waals surface area contributed by atoms with Gasteiger partial charge in [-0.05, 0) is 48.9 Å². The first kappa shape index (κ1) is 15.9. The van der Waals surface area contributed by atoms with Gasteiger partial charge in [-0.3, -0.25) is 0 Å². The van der Waals surface area contributed by atoms with Gasteiger partial charge in [0.05, 0.1) is 11.2 Å². The number of hydrogen-bond acceptors (Lipinski definition) is 5. The SMILES string of the molecule is Cc1ccc(O)c(Nc2nc(Nc3ccccc3)c3ccccc3n2)c1. The number of nitrogens with zero attached hydrogens (tertiary/aromatic N) is 2.